The maximum Gasteiger partial charge on any atom is 0.220 e. The van der Waals surface area contributed by atoms with E-state index in [0.717, 1.165) is 64.1 Å². The van der Waals surface area contributed by atoms with Crippen LogP contribution in [0.15, 0.2) is 0 Å². The van der Waals surface area contributed by atoms with Gasteiger partial charge in [-0.3, -0.25) is 4.79 Å². The van der Waals surface area contributed by atoms with Crippen molar-refractivity contribution in [2.24, 2.45) is 11.8 Å². The average Bonchev–Trinajstić information content (AvgIpc) is 2.62. The molecule has 1 heterocycles. The van der Waals surface area contributed by atoms with E-state index < -0.39 is 0 Å². The van der Waals surface area contributed by atoms with Gasteiger partial charge in [0.05, 0.1) is 6.04 Å². The van der Waals surface area contributed by atoms with Gasteiger partial charge in [-0.1, -0.05) is 0 Å². The number of nitrogens with one attached hydrogen (secondary N) is 4. The Morgan fingerprint density at radius 3 is 2.16 bits per heavy atom. The monoisotopic (exact) mass is 377 g/mol. The molecule has 1 aliphatic heterocycles. The van der Waals surface area contributed by atoms with E-state index in [1.807, 2.05) is 6.26 Å². The predicted molar refractivity (Wildman–Crippen MR) is 103 cm³/mol. The van der Waals surface area contributed by atoms with Crippen molar-refractivity contribution in [1.82, 2.24) is 21.3 Å². The van der Waals surface area contributed by atoms with Gasteiger partial charge in [0, 0.05) is 32.6 Å². The van der Waals surface area contributed by atoms with Crippen molar-refractivity contribution >= 4 is 24.0 Å². The minimum atomic E-state index is -0.344. The molecular formula is C16H35N5O3S. The lowest BCUT2D eigenvalue weighted by Crippen LogP contribution is -2.38. The van der Waals surface area contributed by atoms with Crippen LogP contribution in [0, 0.1) is 5.92 Å². The van der Waals surface area contributed by atoms with E-state index in [0.29, 0.717) is 18.8 Å². The summed E-state index contributed by atoms with van der Waals surface area (Å²) < 4.78 is 0. The Hall–Kier alpha value is -0.710. The van der Waals surface area contributed by atoms with Crippen molar-refractivity contribution in [3.05, 3.63) is 0 Å². The summed E-state index contributed by atoms with van der Waals surface area (Å²) in [6.07, 6.45) is 6.05. The largest absolute Gasteiger partial charge is 0.347 e. The molecule has 1 unspecified atom stereocenters. The zero-order valence-corrected chi connectivity index (χ0v) is 16.1. The number of hydrogen-bond donors (Lipinski definition) is 6. The third-order valence-corrected chi connectivity index (χ3v) is 4.68. The lowest BCUT2D eigenvalue weighted by molar-refractivity contribution is -0.124. The Morgan fingerprint density at radius 1 is 1.16 bits per heavy atom. The molecule has 0 aromatic rings. The molecule has 0 aromatic carbocycles. The Balaban J connectivity index is 0.00000277. The molecule has 148 valence electrons. The van der Waals surface area contributed by atoms with Crippen LogP contribution in [0.4, 0.5) is 0 Å². The van der Waals surface area contributed by atoms with Gasteiger partial charge in [0.25, 0.3) is 0 Å². The zero-order chi connectivity index (χ0) is 18.8. The third kappa shape index (κ3) is 14.2. The highest BCUT2D eigenvalue weighted by Gasteiger charge is 2.17. The third-order valence-electron chi connectivity index (χ3n) is 4.03. The van der Waals surface area contributed by atoms with Crippen molar-refractivity contribution in [1.29, 1.82) is 0 Å². The molecule has 7 N–H and O–H groups in total. The fraction of sp³-hybridized carbons (Fsp3) is 0.875. The summed E-state index contributed by atoms with van der Waals surface area (Å²) in [7, 11) is 0. The Labute approximate surface area is 155 Å². The molecule has 1 saturated heterocycles. The molecule has 8 nitrogen and oxygen atoms in total. The van der Waals surface area contributed by atoms with E-state index in [-0.39, 0.29) is 11.9 Å². The van der Waals surface area contributed by atoms with E-state index >= 15 is 0 Å². The van der Waals surface area contributed by atoms with E-state index in [1.165, 1.54) is 0 Å². The fourth-order valence-electron chi connectivity index (χ4n) is 2.64. The highest BCUT2D eigenvalue weighted by Crippen LogP contribution is 2.13. The van der Waals surface area contributed by atoms with Crippen LogP contribution in [-0.2, 0) is 9.59 Å². The van der Waals surface area contributed by atoms with Crippen LogP contribution >= 0.6 is 11.8 Å². The van der Waals surface area contributed by atoms with Crippen molar-refractivity contribution < 1.29 is 14.8 Å². The number of hydrogen-bond acceptors (Lipinski definition) is 8. The molecule has 1 amide bonds. The number of carbonyl (C=O) groups excluding carboxylic acids is 2. The van der Waals surface area contributed by atoms with Gasteiger partial charge in [-0.15, -0.1) is 0 Å². The summed E-state index contributed by atoms with van der Waals surface area (Å²) in [5.41, 5.74) is 0. The van der Waals surface area contributed by atoms with Gasteiger partial charge in [-0.05, 0) is 50.3 Å². The van der Waals surface area contributed by atoms with E-state index in [4.69, 9.17) is 5.21 Å². The predicted octanol–water partition coefficient (Wildman–Crippen LogP) is -0.674. The number of thioether (sulfide) groups is 1. The second-order valence-corrected chi connectivity index (χ2v) is 6.97. The smallest absolute Gasteiger partial charge is 0.220 e. The second-order valence-electron chi connectivity index (χ2n) is 5.99. The normalized spacial score (nSPS) is 18.7. The topological polar surface area (TPSA) is 129 Å². The molecule has 1 fully saturated rings. The SMILES string of the molecule is CSCCC(C=O)NC(=O)CC1CCNCCNCCNCC1.NO. The molecule has 0 spiro atoms. The molecule has 9 heteroatoms. The quantitative estimate of drug-likeness (QED) is 0.255. The summed E-state index contributed by atoms with van der Waals surface area (Å²) in [5, 5.41) is 19.6. The minimum absolute atomic E-state index is 0.00182. The summed E-state index contributed by atoms with van der Waals surface area (Å²) in [5.74, 6) is 4.74. The molecule has 0 saturated carbocycles. The standard InChI is InChI=1S/C16H32N4O2S.H3NO/c1-23-11-4-15(13-21)20-16(22)12-14-2-5-17-7-9-19-10-8-18-6-3-14;1-2/h13-15,17-19H,2-12H2,1H3,(H,20,22);2H,1H2. The number of aldehydes is 1. The lowest BCUT2D eigenvalue weighted by atomic mass is 9.96. The van der Waals surface area contributed by atoms with Crippen LogP contribution in [0.1, 0.15) is 25.7 Å². The minimum Gasteiger partial charge on any atom is -0.347 e. The van der Waals surface area contributed by atoms with Gasteiger partial charge in [-0.25, -0.2) is 5.90 Å². The van der Waals surface area contributed by atoms with Crippen LogP contribution in [0.2, 0.25) is 0 Å². The van der Waals surface area contributed by atoms with E-state index in [2.05, 4.69) is 27.2 Å². The Morgan fingerprint density at radius 2 is 1.68 bits per heavy atom. The Bertz CT molecular complexity index is 325. The van der Waals surface area contributed by atoms with Crippen LogP contribution < -0.4 is 27.2 Å². The van der Waals surface area contributed by atoms with Crippen molar-refractivity contribution in [2.75, 3.05) is 51.3 Å². The first-order chi connectivity index (χ1) is 12.3. The van der Waals surface area contributed by atoms with Crippen molar-refractivity contribution in [3.8, 4) is 0 Å². The summed E-state index contributed by atoms with van der Waals surface area (Å²) in [6, 6.07) is -0.344. The lowest BCUT2D eigenvalue weighted by Gasteiger charge is -2.20. The summed E-state index contributed by atoms with van der Waals surface area (Å²) in [4.78, 5) is 23.2. The molecule has 0 aliphatic carbocycles. The number of carbonyl (C=O) groups is 2. The Kier molecular flexibility index (Phi) is 17.6. The molecule has 1 aliphatic rings. The molecular weight excluding hydrogens is 342 g/mol. The van der Waals surface area contributed by atoms with Gasteiger partial charge < -0.3 is 31.3 Å². The number of rotatable bonds is 7. The number of amides is 1. The fourth-order valence-corrected chi connectivity index (χ4v) is 3.13. The highest BCUT2D eigenvalue weighted by atomic mass is 32.2. The molecule has 1 rings (SSSR count). The molecule has 0 radical (unpaired) electrons. The first-order valence-electron chi connectivity index (χ1n) is 8.87. The van der Waals surface area contributed by atoms with Gasteiger partial charge in [0.15, 0.2) is 0 Å². The molecule has 0 aromatic heterocycles. The van der Waals surface area contributed by atoms with Gasteiger partial charge in [-0.2, -0.15) is 11.8 Å². The number of nitrogens with two attached hydrogens (primary N) is 1. The van der Waals surface area contributed by atoms with Crippen LogP contribution in [0.25, 0.3) is 0 Å². The van der Waals surface area contributed by atoms with Crippen molar-refractivity contribution in [3.63, 3.8) is 0 Å². The average molecular weight is 378 g/mol. The molecule has 1 atom stereocenters. The van der Waals surface area contributed by atoms with Gasteiger partial charge >= 0.3 is 0 Å². The molecule has 25 heavy (non-hydrogen) atoms. The van der Waals surface area contributed by atoms with E-state index in [1.54, 1.807) is 11.8 Å². The maximum atomic E-state index is 12.2. The highest BCUT2D eigenvalue weighted by molar-refractivity contribution is 7.98. The van der Waals surface area contributed by atoms with Crippen LogP contribution in [0.5, 0.6) is 0 Å². The second kappa shape index (κ2) is 18.1. The first kappa shape index (κ1) is 24.3. The van der Waals surface area contributed by atoms with Gasteiger partial charge in [0.1, 0.15) is 6.29 Å². The van der Waals surface area contributed by atoms with Crippen LogP contribution in [-0.4, -0.2) is 74.7 Å². The maximum absolute atomic E-state index is 12.2. The van der Waals surface area contributed by atoms with Crippen molar-refractivity contribution in [2.45, 2.75) is 31.7 Å². The first-order valence-corrected chi connectivity index (χ1v) is 10.3. The zero-order valence-electron chi connectivity index (χ0n) is 15.3. The van der Waals surface area contributed by atoms with E-state index in [9.17, 15) is 9.59 Å². The molecule has 0 bridgehead atoms. The van der Waals surface area contributed by atoms with Crippen LogP contribution in [0.3, 0.4) is 0 Å². The summed E-state index contributed by atoms with van der Waals surface area (Å²) >= 11 is 1.69. The summed E-state index contributed by atoms with van der Waals surface area (Å²) in [6.45, 7) is 5.74. The van der Waals surface area contributed by atoms with Gasteiger partial charge in [0.2, 0.25) is 5.91 Å².